The van der Waals surface area contributed by atoms with Crippen LogP contribution in [0.1, 0.15) is 37.5 Å². The van der Waals surface area contributed by atoms with Gasteiger partial charge in [0.15, 0.2) is 0 Å². The molecule has 0 aliphatic heterocycles. The monoisotopic (exact) mass is 602 g/mol. The van der Waals surface area contributed by atoms with Crippen molar-refractivity contribution >= 4 is 24.2 Å². The van der Waals surface area contributed by atoms with Crippen molar-refractivity contribution < 1.29 is 47.6 Å². The average molecular weight is 603 g/mol. The molecule has 0 saturated carbocycles. The molecule has 10 nitrogen and oxygen atoms in total. The maximum absolute atomic E-state index is 12.1. The molecule has 3 aromatic rings. The van der Waals surface area contributed by atoms with Gasteiger partial charge in [-0.15, -0.1) is 0 Å². The highest BCUT2D eigenvalue weighted by molar-refractivity contribution is 5.87. The first kappa shape index (κ1) is 33.1. The molecule has 0 atom stereocenters. The van der Waals surface area contributed by atoms with Crippen LogP contribution in [0.2, 0.25) is 0 Å². The second-order valence-electron chi connectivity index (χ2n) is 9.77. The quantitative estimate of drug-likeness (QED) is 0.0549. The van der Waals surface area contributed by atoms with Crippen LogP contribution < -0.4 is 9.47 Å². The summed E-state index contributed by atoms with van der Waals surface area (Å²) in [7, 11) is 0. The van der Waals surface area contributed by atoms with Gasteiger partial charge in [-0.05, 0) is 61.7 Å². The molecule has 0 fully saturated rings. The van der Waals surface area contributed by atoms with Crippen molar-refractivity contribution in [2.75, 3.05) is 26.4 Å². The zero-order valence-electron chi connectivity index (χ0n) is 24.8. The molecule has 10 heteroatoms. The van der Waals surface area contributed by atoms with Gasteiger partial charge in [0.25, 0.3) is 0 Å². The van der Waals surface area contributed by atoms with E-state index in [0.717, 1.165) is 16.7 Å². The van der Waals surface area contributed by atoms with Crippen LogP contribution in [0.5, 0.6) is 11.5 Å². The molecule has 0 spiro atoms. The Morgan fingerprint density at radius 1 is 0.545 bits per heavy atom. The lowest BCUT2D eigenvalue weighted by atomic mass is 9.71. The lowest BCUT2D eigenvalue weighted by Crippen LogP contribution is -2.25. The Labute approximate surface area is 255 Å². The van der Waals surface area contributed by atoms with E-state index in [1.165, 1.54) is 13.8 Å². The second-order valence-corrected chi connectivity index (χ2v) is 9.77. The minimum Gasteiger partial charge on any atom is -0.459 e. The standard InChI is InChI=1S/C34H34O10/c1-23(2)30(35)39-19-21-41-32(37)43-28-15-11-26(12-16-28)34(5,25-9-7-6-8-10-25)27-13-17-29(18-14-27)44-33(38)42-22-20-40-31(36)24(3)4/h6-18H,1,3,19-22H2,2,4-5H3. The van der Waals surface area contributed by atoms with Gasteiger partial charge in [-0.3, -0.25) is 0 Å². The van der Waals surface area contributed by atoms with E-state index in [9.17, 15) is 19.2 Å². The third-order valence-corrected chi connectivity index (χ3v) is 6.39. The van der Waals surface area contributed by atoms with Crippen LogP contribution in [-0.4, -0.2) is 50.7 Å². The van der Waals surface area contributed by atoms with Gasteiger partial charge in [0.05, 0.1) is 0 Å². The highest BCUT2D eigenvalue weighted by Crippen LogP contribution is 2.40. The zero-order chi connectivity index (χ0) is 32.1. The highest BCUT2D eigenvalue weighted by atomic mass is 16.7. The lowest BCUT2D eigenvalue weighted by molar-refractivity contribution is -0.140. The van der Waals surface area contributed by atoms with Crippen LogP contribution in [0.15, 0.2) is 103 Å². The molecule has 0 amide bonds. The van der Waals surface area contributed by atoms with E-state index in [4.69, 9.17) is 28.4 Å². The number of benzene rings is 3. The van der Waals surface area contributed by atoms with Crippen LogP contribution in [0.25, 0.3) is 0 Å². The number of hydrogen-bond acceptors (Lipinski definition) is 10. The summed E-state index contributed by atoms with van der Waals surface area (Å²) in [5, 5.41) is 0. The largest absolute Gasteiger partial charge is 0.513 e. The Morgan fingerprint density at radius 3 is 1.25 bits per heavy atom. The number of rotatable bonds is 13. The molecule has 0 aliphatic carbocycles. The second kappa shape index (κ2) is 15.7. The Morgan fingerprint density at radius 2 is 0.886 bits per heavy atom. The zero-order valence-corrected chi connectivity index (χ0v) is 24.8. The summed E-state index contributed by atoms with van der Waals surface area (Å²) in [4.78, 5) is 47.0. The Bertz CT molecular complexity index is 1380. The molecule has 44 heavy (non-hydrogen) atoms. The molecule has 0 aromatic heterocycles. The molecule has 0 bridgehead atoms. The average Bonchev–Trinajstić information content (AvgIpc) is 3.01. The minimum absolute atomic E-state index is 0.118. The van der Waals surface area contributed by atoms with E-state index in [1.54, 1.807) is 24.3 Å². The van der Waals surface area contributed by atoms with E-state index < -0.39 is 29.7 Å². The van der Waals surface area contributed by atoms with Gasteiger partial charge < -0.3 is 28.4 Å². The Hall–Kier alpha value is -5.38. The first-order valence-electron chi connectivity index (χ1n) is 13.6. The normalized spacial score (nSPS) is 10.6. The predicted molar refractivity (Wildman–Crippen MR) is 160 cm³/mol. The van der Waals surface area contributed by atoms with Crippen LogP contribution in [0.4, 0.5) is 9.59 Å². The Kier molecular flexibility index (Phi) is 11.8. The molecular formula is C34H34O10. The van der Waals surface area contributed by atoms with Gasteiger partial charge in [-0.2, -0.15) is 0 Å². The molecule has 0 N–H and O–H groups in total. The molecule has 0 aliphatic rings. The van der Waals surface area contributed by atoms with E-state index >= 15 is 0 Å². The number of hydrogen-bond donors (Lipinski definition) is 0. The fourth-order valence-electron chi connectivity index (χ4n) is 4.00. The first-order valence-corrected chi connectivity index (χ1v) is 13.6. The van der Waals surface area contributed by atoms with E-state index in [-0.39, 0.29) is 49.1 Å². The summed E-state index contributed by atoms with van der Waals surface area (Å²) in [5.74, 6) is -0.603. The van der Waals surface area contributed by atoms with Crippen LogP contribution in [0.3, 0.4) is 0 Å². The third-order valence-electron chi connectivity index (χ3n) is 6.39. The van der Waals surface area contributed by atoms with Crippen LogP contribution >= 0.6 is 0 Å². The summed E-state index contributed by atoms with van der Waals surface area (Å²) in [6.07, 6.45) is -1.87. The van der Waals surface area contributed by atoms with Gasteiger partial charge >= 0.3 is 24.2 Å². The van der Waals surface area contributed by atoms with Gasteiger partial charge in [0.1, 0.15) is 37.9 Å². The summed E-state index contributed by atoms with van der Waals surface area (Å²) < 4.78 is 30.2. The van der Waals surface area contributed by atoms with Crippen molar-refractivity contribution in [3.05, 3.63) is 120 Å². The lowest BCUT2D eigenvalue weighted by Gasteiger charge is -2.32. The number of ether oxygens (including phenoxy) is 6. The maximum atomic E-state index is 12.1. The molecular weight excluding hydrogens is 568 g/mol. The fourth-order valence-corrected chi connectivity index (χ4v) is 4.00. The van der Waals surface area contributed by atoms with Crippen molar-refractivity contribution in [3.8, 4) is 11.5 Å². The van der Waals surface area contributed by atoms with Crippen molar-refractivity contribution in [2.45, 2.75) is 26.2 Å². The third kappa shape index (κ3) is 9.32. The van der Waals surface area contributed by atoms with E-state index in [2.05, 4.69) is 20.1 Å². The molecule has 0 saturated heterocycles. The van der Waals surface area contributed by atoms with Gasteiger partial charge in [-0.25, -0.2) is 19.2 Å². The van der Waals surface area contributed by atoms with E-state index in [0.29, 0.717) is 0 Å². The van der Waals surface area contributed by atoms with Crippen LogP contribution in [-0.2, 0) is 34.0 Å². The summed E-state index contributed by atoms with van der Waals surface area (Å²) in [5.41, 5.74) is 2.64. The predicted octanol–water partition coefficient (Wildman–Crippen LogP) is 6.31. The van der Waals surface area contributed by atoms with E-state index in [1.807, 2.05) is 54.6 Å². The van der Waals surface area contributed by atoms with Crippen molar-refractivity contribution in [3.63, 3.8) is 0 Å². The Balaban J connectivity index is 1.66. The maximum Gasteiger partial charge on any atom is 0.513 e. The van der Waals surface area contributed by atoms with Crippen molar-refractivity contribution in [1.29, 1.82) is 0 Å². The molecule has 0 unspecified atom stereocenters. The summed E-state index contributed by atoms with van der Waals surface area (Å²) in [6.45, 7) is 11.5. The highest BCUT2D eigenvalue weighted by Gasteiger charge is 2.31. The molecule has 230 valence electrons. The molecule has 0 radical (unpaired) electrons. The fraction of sp³-hybridized carbons (Fsp3) is 0.235. The summed E-state index contributed by atoms with van der Waals surface area (Å²) in [6, 6.07) is 23.8. The smallest absolute Gasteiger partial charge is 0.459 e. The molecule has 3 aromatic carbocycles. The van der Waals surface area contributed by atoms with Crippen molar-refractivity contribution in [1.82, 2.24) is 0 Å². The van der Waals surface area contributed by atoms with Crippen molar-refractivity contribution in [2.24, 2.45) is 0 Å². The number of carbonyl (C=O) groups excluding carboxylic acids is 4. The molecule has 3 rings (SSSR count). The minimum atomic E-state index is -0.933. The summed E-state index contributed by atoms with van der Waals surface area (Å²) >= 11 is 0. The van der Waals surface area contributed by atoms with Gasteiger partial charge in [0.2, 0.25) is 0 Å². The van der Waals surface area contributed by atoms with Crippen LogP contribution in [0, 0.1) is 0 Å². The van der Waals surface area contributed by atoms with Gasteiger partial charge in [0, 0.05) is 16.6 Å². The topological polar surface area (TPSA) is 124 Å². The van der Waals surface area contributed by atoms with Gasteiger partial charge in [-0.1, -0.05) is 67.8 Å². The first-order chi connectivity index (χ1) is 21.0. The number of esters is 2. The number of carbonyl (C=O) groups is 4. The SMILES string of the molecule is C=C(C)C(=O)OCCOC(=O)Oc1ccc(C(C)(c2ccccc2)c2ccc(OC(=O)OCCOC(=O)C(=C)C)cc2)cc1. The molecule has 0 heterocycles.